The van der Waals surface area contributed by atoms with Gasteiger partial charge in [0.15, 0.2) is 0 Å². The standard InChI is InChI=1S/C17H28N4O3/c1-3-6-19-17(24)21-9-4-14-11-16(23)20(8-5-15(14)12-21)10-7-18-13(2)22/h3,14-15H,1,4-12H2,2H3,(H,18,22)(H,19,24)/t14-,15-/m0/s1. The molecule has 2 atom stereocenters. The van der Waals surface area contributed by atoms with Crippen molar-refractivity contribution in [3.8, 4) is 0 Å². The molecule has 2 rings (SSSR count). The quantitative estimate of drug-likeness (QED) is 0.721. The molecule has 2 fully saturated rings. The van der Waals surface area contributed by atoms with Crippen LogP contribution in [-0.2, 0) is 9.59 Å². The summed E-state index contributed by atoms with van der Waals surface area (Å²) in [6.45, 7) is 8.71. The monoisotopic (exact) mass is 336 g/mol. The third-order valence-corrected chi connectivity index (χ3v) is 4.89. The van der Waals surface area contributed by atoms with Crippen LogP contribution in [0.25, 0.3) is 0 Å². The summed E-state index contributed by atoms with van der Waals surface area (Å²) in [5.41, 5.74) is 0. The maximum absolute atomic E-state index is 12.4. The van der Waals surface area contributed by atoms with Gasteiger partial charge in [0.2, 0.25) is 11.8 Å². The Morgan fingerprint density at radius 1 is 1.25 bits per heavy atom. The molecule has 7 heteroatoms. The predicted octanol–water partition coefficient (Wildman–Crippen LogP) is 0.579. The van der Waals surface area contributed by atoms with Crippen molar-refractivity contribution >= 4 is 17.8 Å². The SMILES string of the molecule is C=CCNC(=O)N1CC[C@H]2CC(=O)N(CCNC(C)=O)CC[C@H]2C1. The Bertz CT molecular complexity index is 494. The molecule has 0 bridgehead atoms. The minimum absolute atomic E-state index is 0.0496. The van der Waals surface area contributed by atoms with Crippen LogP contribution in [0.15, 0.2) is 12.7 Å². The van der Waals surface area contributed by atoms with Gasteiger partial charge in [0.1, 0.15) is 0 Å². The zero-order chi connectivity index (χ0) is 17.5. The number of fused-ring (bicyclic) bond motifs is 1. The first-order valence-electron chi connectivity index (χ1n) is 8.67. The van der Waals surface area contributed by atoms with Gasteiger partial charge in [-0.05, 0) is 24.7 Å². The lowest BCUT2D eigenvalue weighted by Gasteiger charge is -2.37. The molecule has 2 aliphatic heterocycles. The molecule has 2 heterocycles. The van der Waals surface area contributed by atoms with Crippen LogP contribution in [-0.4, -0.2) is 66.9 Å². The lowest BCUT2D eigenvalue weighted by atomic mass is 9.82. The van der Waals surface area contributed by atoms with Crippen molar-refractivity contribution in [1.82, 2.24) is 20.4 Å². The summed E-state index contributed by atoms with van der Waals surface area (Å²) < 4.78 is 0. The first-order chi connectivity index (χ1) is 11.5. The summed E-state index contributed by atoms with van der Waals surface area (Å²) >= 11 is 0. The Morgan fingerprint density at radius 2 is 2.00 bits per heavy atom. The van der Waals surface area contributed by atoms with E-state index in [9.17, 15) is 14.4 Å². The van der Waals surface area contributed by atoms with Crippen molar-refractivity contribution in [3.05, 3.63) is 12.7 Å². The number of carbonyl (C=O) groups excluding carboxylic acids is 3. The topological polar surface area (TPSA) is 81.8 Å². The average Bonchev–Trinajstić information content (AvgIpc) is 2.70. The highest BCUT2D eigenvalue weighted by Crippen LogP contribution is 2.32. The van der Waals surface area contributed by atoms with Gasteiger partial charge in [-0.15, -0.1) is 6.58 Å². The summed E-state index contributed by atoms with van der Waals surface area (Å²) in [6.07, 6.45) is 3.99. The number of piperidine rings is 1. The van der Waals surface area contributed by atoms with E-state index in [-0.39, 0.29) is 17.8 Å². The van der Waals surface area contributed by atoms with Crippen LogP contribution < -0.4 is 10.6 Å². The lowest BCUT2D eigenvalue weighted by molar-refractivity contribution is -0.132. The summed E-state index contributed by atoms with van der Waals surface area (Å²) in [5, 5.41) is 5.56. The molecule has 0 aromatic heterocycles. The summed E-state index contributed by atoms with van der Waals surface area (Å²) in [5.74, 6) is 0.805. The van der Waals surface area contributed by atoms with Crippen LogP contribution in [0.4, 0.5) is 4.79 Å². The van der Waals surface area contributed by atoms with E-state index in [4.69, 9.17) is 0 Å². The Kier molecular flexibility index (Phi) is 6.63. The van der Waals surface area contributed by atoms with Crippen LogP contribution in [0.2, 0.25) is 0 Å². The second-order valence-electron chi connectivity index (χ2n) is 6.59. The summed E-state index contributed by atoms with van der Waals surface area (Å²) in [6, 6.07) is -0.0496. The number of nitrogens with one attached hydrogen (secondary N) is 2. The Hall–Kier alpha value is -2.05. The van der Waals surface area contributed by atoms with E-state index in [1.165, 1.54) is 6.92 Å². The molecule has 2 aliphatic rings. The number of urea groups is 1. The highest BCUT2D eigenvalue weighted by molar-refractivity contribution is 5.77. The molecule has 0 spiro atoms. The van der Waals surface area contributed by atoms with E-state index < -0.39 is 0 Å². The first kappa shape index (κ1) is 18.3. The molecular formula is C17H28N4O3. The minimum Gasteiger partial charge on any atom is -0.355 e. The molecule has 7 nitrogen and oxygen atoms in total. The highest BCUT2D eigenvalue weighted by Gasteiger charge is 2.36. The molecule has 2 N–H and O–H groups in total. The number of nitrogens with zero attached hydrogens (tertiary/aromatic N) is 2. The van der Waals surface area contributed by atoms with E-state index >= 15 is 0 Å². The number of carbonyl (C=O) groups is 3. The maximum atomic E-state index is 12.4. The van der Waals surface area contributed by atoms with E-state index in [0.29, 0.717) is 57.5 Å². The Labute approximate surface area is 143 Å². The molecule has 4 amide bonds. The van der Waals surface area contributed by atoms with Gasteiger partial charge in [0.05, 0.1) is 0 Å². The molecule has 24 heavy (non-hydrogen) atoms. The van der Waals surface area contributed by atoms with Crippen LogP contribution in [0.3, 0.4) is 0 Å². The van der Waals surface area contributed by atoms with Crippen molar-refractivity contribution in [2.24, 2.45) is 11.8 Å². The predicted molar refractivity (Wildman–Crippen MR) is 91.3 cm³/mol. The lowest BCUT2D eigenvalue weighted by Crippen LogP contribution is -2.48. The first-order valence-corrected chi connectivity index (χ1v) is 8.67. The minimum atomic E-state index is -0.0767. The fourth-order valence-corrected chi connectivity index (χ4v) is 3.54. The van der Waals surface area contributed by atoms with Crippen molar-refractivity contribution in [2.45, 2.75) is 26.2 Å². The fraction of sp³-hybridized carbons (Fsp3) is 0.706. The van der Waals surface area contributed by atoms with Gasteiger partial charge in [-0.2, -0.15) is 0 Å². The average molecular weight is 336 g/mol. The smallest absolute Gasteiger partial charge is 0.317 e. The van der Waals surface area contributed by atoms with Crippen molar-refractivity contribution in [2.75, 3.05) is 39.3 Å². The summed E-state index contributed by atoms with van der Waals surface area (Å²) in [7, 11) is 0. The van der Waals surface area contributed by atoms with Crippen molar-refractivity contribution in [1.29, 1.82) is 0 Å². The van der Waals surface area contributed by atoms with Crippen LogP contribution in [0, 0.1) is 11.8 Å². The van der Waals surface area contributed by atoms with Gasteiger partial charge in [-0.3, -0.25) is 9.59 Å². The van der Waals surface area contributed by atoms with E-state index in [2.05, 4.69) is 17.2 Å². The Balaban J connectivity index is 1.87. The third-order valence-electron chi connectivity index (χ3n) is 4.89. The van der Waals surface area contributed by atoms with Gasteiger partial charge >= 0.3 is 6.03 Å². The fourth-order valence-electron chi connectivity index (χ4n) is 3.54. The molecule has 0 radical (unpaired) electrons. The third kappa shape index (κ3) is 4.97. The number of hydrogen-bond donors (Lipinski definition) is 2. The highest BCUT2D eigenvalue weighted by atomic mass is 16.2. The van der Waals surface area contributed by atoms with Crippen LogP contribution in [0.1, 0.15) is 26.2 Å². The van der Waals surface area contributed by atoms with E-state index in [0.717, 1.165) is 12.8 Å². The van der Waals surface area contributed by atoms with E-state index in [1.54, 1.807) is 6.08 Å². The van der Waals surface area contributed by atoms with Gasteiger partial charge in [-0.25, -0.2) is 4.79 Å². The van der Waals surface area contributed by atoms with Crippen molar-refractivity contribution in [3.63, 3.8) is 0 Å². The largest absolute Gasteiger partial charge is 0.355 e. The number of likely N-dealkylation sites (tertiary alicyclic amines) is 2. The number of amides is 4. The zero-order valence-electron chi connectivity index (χ0n) is 14.4. The molecule has 2 saturated heterocycles. The van der Waals surface area contributed by atoms with Gasteiger partial charge < -0.3 is 20.4 Å². The zero-order valence-corrected chi connectivity index (χ0v) is 14.4. The molecule has 0 aromatic rings. The molecule has 134 valence electrons. The van der Waals surface area contributed by atoms with Crippen LogP contribution in [0.5, 0.6) is 0 Å². The molecule has 0 aromatic carbocycles. The second-order valence-corrected chi connectivity index (χ2v) is 6.59. The van der Waals surface area contributed by atoms with E-state index in [1.807, 2.05) is 9.80 Å². The van der Waals surface area contributed by atoms with Crippen molar-refractivity contribution < 1.29 is 14.4 Å². The number of rotatable bonds is 5. The Morgan fingerprint density at radius 3 is 2.71 bits per heavy atom. The van der Waals surface area contributed by atoms with Gasteiger partial charge in [0, 0.05) is 52.6 Å². The van der Waals surface area contributed by atoms with Crippen LogP contribution >= 0.6 is 0 Å². The molecular weight excluding hydrogens is 308 g/mol. The molecule has 0 saturated carbocycles. The normalized spacial score (nSPS) is 24.0. The van der Waals surface area contributed by atoms with Gasteiger partial charge in [0.25, 0.3) is 0 Å². The summed E-state index contributed by atoms with van der Waals surface area (Å²) in [4.78, 5) is 39.2. The van der Waals surface area contributed by atoms with Gasteiger partial charge in [-0.1, -0.05) is 6.08 Å². The second kappa shape index (κ2) is 8.70. The molecule has 0 unspecified atom stereocenters. The molecule has 0 aliphatic carbocycles. The number of hydrogen-bond acceptors (Lipinski definition) is 3. The maximum Gasteiger partial charge on any atom is 0.317 e.